The summed E-state index contributed by atoms with van der Waals surface area (Å²) in [7, 11) is 0. The van der Waals surface area contributed by atoms with Gasteiger partial charge in [0.2, 0.25) is 0 Å². The fourth-order valence-corrected chi connectivity index (χ4v) is 3.51. The lowest BCUT2D eigenvalue weighted by molar-refractivity contribution is 0.102. The van der Waals surface area contributed by atoms with Crippen molar-refractivity contribution in [2.24, 2.45) is 0 Å². The quantitative estimate of drug-likeness (QED) is 0.729. The van der Waals surface area contributed by atoms with E-state index in [9.17, 15) is 4.79 Å². The second-order valence-corrected chi connectivity index (χ2v) is 6.89. The van der Waals surface area contributed by atoms with Crippen LogP contribution in [0.4, 0.5) is 5.13 Å². The number of thioether (sulfide) groups is 1. The Morgan fingerprint density at radius 2 is 2.00 bits per heavy atom. The summed E-state index contributed by atoms with van der Waals surface area (Å²) < 4.78 is 1.85. The minimum absolute atomic E-state index is 0.213. The molecule has 3 rings (SSSR count). The Kier molecular flexibility index (Phi) is 4.49. The molecule has 7 heteroatoms. The summed E-state index contributed by atoms with van der Waals surface area (Å²) in [6.07, 6.45) is 3.54. The number of rotatable bonds is 4. The van der Waals surface area contributed by atoms with Gasteiger partial charge >= 0.3 is 0 Å². The molecule has 1 aromatic carbocycles. The molecule has 5 nitrogen and oxygen atoms in total. The van der Waals surface area contributed by atoms with Crippen molar-refractivity contribution in [2.75, 3.05) is 11.6 Å². The summed E-state index contributed by atoms with van der Waals surface area (Å²) in [6.45, 7) is 3.92. The van der Waals surface area contributed by atoms with Gasteiger partial charge < -0.3 is 0 Å². The van der Waals surface area contributed by atoms with Crippen LogP contribution in [0.5, 0.6) is 0 Å². The van der Waals surface area contributed by atoms with Crippen LogP contribution >= 0.6 is 23.1 Å². The predicted molar refractivity (Wildman–Crippen MR) is 94.9 cm³/mol. The Hall–Kier alpha value is -2.12. The van der Waals surface area contributed by atoms with E-state index in [2.05, 4.69) is 15.3 Å². The maximum absolute atomic E-state index is 12.6. The fourth-order valence-electron chi connectivity index (χ4n) is 2.15. The van der Waals surface area contributed by atoms with Gasteiger partial charge in [-0.3, -0.25) is 14.7 Å². The van der Waals surface area contributed by atoms with E-state index in [-0.39, 0.29) is 5.91 Å². The van der Waals surface area contributed by atoms with E-state index in [1.54, 1.807) is 6.20 Å². The molecular formula is C16H16N4OS2. The van der Waals surface area contributed by atoms with Crippen LogP contribution in [0.1, 0.15) is 21.1 Å². The molecule has 2 aromatic heterocycles. The van der Waals surface area contributed by atoms with E-state index < -0.39 is 0 Å². The van der Waals surface area contributed by atoms with Crippen molar-refractivity contribution in [3.63, 3.8) is 0 Å². The molecule has 1 N–H and O–H groups in total. The van der Waals surface area contributed by atoms with Gasteiger partial charge in [-0.05, 0) is 32.2 Å². The minimum atomic E-state index is -0.213. The first-order valence-corrected chi connectivity index (χ1v) is 9.07. The van der Waals surface area contributed by atoms with Gasteiger partial charge in [0.05, 0.1) is 11.9 Å². The molecule has 0 bridgehead atoms. The van der Waals surface area contributed by atoms with Crippen molar-refractivity contribution in [2.45, 2.75) is 19.0 Å². The van der Waals surface area contributed by atoms with Crippen molar-refractivity contribution in [1.29, 1.82) is 0 Å². The van der Waals surface area contributed by atoms with E-state index in [0.29, 0.717) is 10.8 Å². The summed E-state index contributed by atoms with van der Waals surface area (Å²) in [5.74, 6) is -0.213. The van der Waals surface area contributed by atoms with Crippen LogP contribution in [0, 0.1) is 13.8 Å². The van der Waals surface area contributed by atoms with E-state index in [4.69, 9.17) is 0 Å². The average molecular weight is 344 g/mol. The summed E-state index contributed by atoms with van der Waals surface area (Å²) in [5, 5.41) is 4.24. The predicted octanol–water partition coefficient (Wildman–Crippen LogP) is 3.92. The molecule has 0 saturated heterocycles. The number of carbonyl (C=O) groups is 1. The standard InChI is InChI=1S/C16H16N4OS2/c1-10-11(2)23-15(18-10)19-14(21)13-9-17-16(22-3)20(13)12-7-5-4-6-8-12/h4-9H,1-3H3,(H,18,19,21). The van der Waals surface area contributed by atoms with Gasteiger partial charge in [-0.1, -0.05) is 30.0 Å². The topological polar surface area (TPSA) is 59.8 Å². The molecule has 0 atom stereocenters. The molecule has 0 fully saturated rings. The lowest BCUT2D eigenvalue weighted by Gasteiger charge is -2.10. The Labute approximate surface area is 142 Å². The summed E-state index contributed by atoms with van der Waals surface area (Å²) >= 11 is 2.97. The summed E-state index contributed by atoms with van der Waals surface area (Å²) in [6, 6.07) is 9.73. The maximum Gasteiger partial charge on any atom is 0.276 e. The highest BCUT2D eigenvalue weighted by Crippen LogP contribution is 2.24. The zero-order valence-electron chi connectivity index (χ0n) is 13.0. The molecule has 0 spiro atoms. The monoisotopic (exact) mass is 344 g/mol. The number of anilines is 1. The minimum Gasteiger partial charge on any atom is -0.296 e. The van der Waals surface area contributed by atoms with Gasteiger partial charge in [0.1, 0.15) is 5.69 Å². The van der Waals surface area contributed by atoms with E-state index in [1.807, 2.05) is 55.0 Å². The Bertz CT molecular complexity index is 820. The SMILES string of the molecule is CSc1ncc(C(=O)Nc2nc(C)c(C)s2)n1-c1ccccc1. The van der Waals surface area contributed by atoms with Crippen molar-refractivity contribution >= 4 is 34.1 Å². The average Bonchev–Trinajstić information content (AvgIpc) is 3.11. The van der Waals surface area contributed by atoms with Crippen molar-refractivity contribution in [3.05, 3.63) is 52.8 Å². The van der Waals surface area contributed by atoms with Gasteiger partial charge in [0, 0.05) is 10.6 Å². The van der Waals surface area contributed by atoms with Crippen LogP contribution in [0.3, 0.4) is 0 Å². The number of imidazole rings is 1. The normalized spacial score (nSPS) is 10.7. The first kappa shape index (κ1) is 15.8. The first-order valence-electron chi connectivity index (χ1n) is 7.02. The fraction of sp³-hybridized carbons (Fsp3) is 0.188. The van der Waals surface area contributed by atoms with Crippen molar-refractivity contribution in [1.82, 2.24) is 14.5 Å². The molecule has 2 heterocycles. The highest BCUT2D eigenvalue weighted by molar-refractivity contribution is 7.98. The van der Waals surface area contributed by atoms with Crippen LogP contribution in [-0.4, -0.2) is 26.7 Å². The molecule has 0 saturated carbocycles. The van der Waals surface area contributed by atoms with Gasteiger partial charge in [-0.25, -0.2) is 9.97 Å². The molecule has 0 aliphatic carbocycles. The zero-order valence-corrected chi connectivity index (χ0v) is 14.7. The number of thiazole rings is 1. The second-order valence-electron chi connectivity index (χ2n) is 4.92. The number of nitrogens with one attached hydrogen (secondary N) is 1. The van der Waals surface area contributed by atoms with Gasteiger partial charge in [0.15, 0.2) is 10.3 Å². The third kappa shape index (κ3) is 3.16. The van der Waals surface area contributed by atoms with Gasteiger partial charge in [-0.15, -0.1) is 11.3 Å². The highest BCUT2D eigenvalue weighted by Gasteiger charge is 2.19. The van der Waals surface area contributed by atoms with Crippen LogP contribution in [0.15, 0.2) is 41.7 Å². The number of aryl methyl sites for hydroxylation is 2. The maximum atomic E-state index is 12.6. The molecule has 0 aliphatic heterocycles. The number of carbonyl (C=O) groups excluding carboxylic acids is 1. The van der Waals surface area contributed by atoms with E-state index >= 15 is 0 Å². The first-order chi connectivity index (χ1) is 11.1. The highest BCUT2D eigenvalue weighted by atomic mass is 32.2. The second kappa shape index (κ2) is 6.55. The third-order valence-corrected chi connectivity index (χ3v) is 5.05. The smallest absolute Gasteiger partial charge is 0.276 e. The van der Waals surface area contributed by atoms with E-state index in [1.165, 1.54) is 23.1 Å². The Morgan fingerprint density at radius 3 is 2.61 bits per heavy atom. The number of para-hydroxylation sites is 1. The number of aromatic nitrogens is 3. The molecular weight excluding hydrogens is 328 g/mol. The van der Waals surface area contributed by atoms with Crippen LogP contribution in [0.2, 0.25) is 0 Å². The Morgan fingerprint density at radius 1 is 1.26 bits per heavy atom. The zero-order chi connectivity index (χ0) is 16.4. The summed E-state index contributed by atoms with van der Waals surface area (Å²) in [5.41, 5.74) is 2.34. The molecule has 1 amide bonds. The molecule has 0 radical (unpaired) electrons. The molecule has 118 valence electrons. The number of benzene rings is 1. The largest absolute Gasteiger partial charge is 0.296 e. The molecule has 3 aromatic rings. The lowest BCUT2D eigenvalue weighted by atomic mass is 10.3. The number of hydrogen-bond acceptors (Lipinski definition) is 5. The van der Waals surface area contributed by atoms with Gasteiger partial charge in [-0.2, -0.15) is 0 Å². The third-order valence-electron chi connectivity index (χ3n) is 3.41. The Balaban J connectivity index is 1.96. The molecule has 0 unspecified atom stereocenters. The number of nitrogens with zero attached hydrogens (tertiary/aromatic N) is 3. The van der Waals surface area contributed by atoms with E-state index in [0.717, 1.165) is 21.4 Å². The van der Waals surface area contributed by atoms with Crippen LogP contribution in [0.25, 0.3) is 5.69 Å². The van der Waals surface area contributed by atoms with Crippen LogP contribution in [-0.2, 0) is 0 Å². The summed E-state index contributed by atoms with van der Waals surface area (Å²) in [4.78, 5) is 22.4. The number of amides is 1. The van der Waals surface area contributed by atoms with Crippen molar-refractivity contribution in [3.8, 4) is 5.69 Å². The lowest BCUT2D eigenvalue weighted by Crippen LogP contribution is -2.16. The molecule has 23 heavy (non-hydrogen) atoms. The van der Waals surface area contributed by atoms with Gasteiger partial charge in [0.25, 0.3) is 5.91 Å². The molecule has 0 aliphatic rings. The van der Waals surface area contributed by atoms with Crippen molar-refractivity contribution < 1.29 is 4.79 Å². The van der Waals surface area contributed by atoms with Crippen LogP contribution < -0.4 is 5.32 Å². The number of hydrogen-bond donors (Lipinski definition) is 1.